The van der Waals surface area contributed by atoms with E-state index in [9.17, 15) is 4.57 Å². The zero-order chi connectivity index (χ0) is 12.8. The van der Waals surface area contributed by atoms with Crippen molar-refractivity contribution in [3.05, 3.63) is 0 Å². The van der Waals surface area contributed by atoms with E-state index in [1.807, 2.05) is 0 Å². The number of hydrogen-bond acceptors (Lipinski definition) is 7. The third-order valence-electron chi connectivity index (χ3n) is 1.46. The maximum atomic E-state index is 10.7. The van der Waals surface area contributed by atoms with E-state index in [1.54, 1.807) is 7.11 Å². The van der Waals surface area contributed by atoms with Crippen LogP contribution in [0.2, 0.25) is 0 Å². The number of ether oxygens (including phenoxy) is 2. The second kappa shape index (κ2) is 14.5. The van der Waals surface area contributed by atoms with Crippen LogP contribution in [0.5, 0.6) is 0 Å². The average molecular weight is 290 g/mol. The molecule has 0 amide bonds. The maximum absolute atomic E-state index is 10.7. The fraction of sp³-hybridized carbons (Fsp3) is 1.00. The van der Waals surface area contributed by atoms with Crippen molar-refractivity contribution in [1.29, 1.82) is 0 Å². The van der Waals surface area contributed by atoms with Crippen molar-refractivity contribution in [1.82, 2.24) is 0 Å². The molecule has 7 nitrogen and oxygen atoms in total. The van der Waals surface area contributed by atoms with Crippen LogP contribution in [0.15, 0.2) is 0 Å². The molecule has 0 radical (unpaired) electrons. The predicted molar refractivity (Wildman–Crippen MR) is 64.9 cm³/mol. The summed E-state index contributed by atoms with van der Waals surface area (Å²) in [5.74, 6) is 0. The molecule has 0 aliphatic heterocycles. The van der Waals surface area contributed by atoms with Gasteiger partial charge >= 0.3 is 8.25 Å². The SMILES string of the molecule is COPOCCOCCOCCO[PH](=O)OC. The monoisotopic (exact) mass is 290 g/mol. The molecule has 0 bridgehead atoms. The predicted octanol–water partition coefficient (Wildman–Crippen LogP) is 1.24. The van der Waals surface area contributed by atoms with Gasteiger partial charge in [0.15, 0.2) is 9.03 Å². The Morgan fingerprint density at radius 3 is 2.12 bits per heavy atom. The first kappa shape index (κ1) is 17.4. The summed E-state index contributed by atoms with van der Waals surface area (Å²) in [6.45, 7) is 2.58. The second-order valence-electron chi connectivity index (χ2n) is 2.66. The number of rotatable bonds is 13. The molecule has 104 valence electrons. The Kier molecular flexibility index (Phi) is 14.8. The average Bonchev–Trinajstić information content (AvgIpc) is 2.35. The van der Waals surface area contributed by atoms with Gasteiger partial charge in [-0.05, 0) is 0 Å². The molecule has 2 unspecified atom stereocenters. The molecule has 0 fully saturated rings. The molecular weight excluding hydrogens is 270 g/mol. The van der Waals surface area contributed by atoms with E-state index in [4.69, 9.17) is 23.0 Å². The number of hydrogen-bond donors (Lipinski definition) is 0. The summed E-state index contributed by atoms with van der Waals surface area (Å²) in [5.41, 5.74) is 0. The van der Waals surface area contributed by atoms with Gasteiger partial charge in [0.25, 0.3) is 0 Å². The quantitative estimate of drug-likeness (QED) is 0.373. The molecule has 0 aromatic heterocycles. The van der Waals surface area contributed by atoms with Crippen LogP contribution in [0.4, 0.5) is 0 Å². The lowest BCUT2D eigenvalue weighted by molar-refractivity contribution is 0.0272. The molecule has 0 aromatic carbocycles. The van der Waals surface area contributed by atoms with Gasteiger partial charge in [0.1, 0.15) is 0 Å². The van der Waals surface area contributed by atoms with Crippen LogP contribution < -0.4 is 0 Å². The lowest BCUT2D eigenvalue weighted by atomic mass is 10.7. The highest BCUT2D eigenvalue weighted by molar-refractivity contribution is 7.33. The molecule has 0 saturated carbocycles. The summed E-state index contributed by atoms with van der Waals surface area (Å²) >= 11 is 0. The molecule has 0 heterocycles. The van der Waals surface area contributed by atoms with Crippen LogP contribution in [-0.2, 0) is 32.1 Å². The van der Waals surface area contributed by atoms with Crippen LogP contribution in [-0.4, -0.2) is 53.9 Å². The minimum absolute atomic E-state index is 0.0578. The first-order valence-corrected chi connectivity index (χ1v) is 7.11. The van der Waals surface area contributed by atoms with Crippen molar-refractivity contribution >= 4 is 17.3 Å². The highest BCUT2D eigenvalue weighted by Crippen LogP contribution is 2.20. The van der Waals surface area contributed by atoms with E-state index < -0.39 is 8.25 Å². The Bertz CT molecular complexity index is 181. The summed E-state index contributed by atoms with van der Waals surface area (Å²) in [4.78, 5) is 0. The summed E-state index contributed by atoms with van der Waals surface area (Å²) in [6.07, 6.45) is 0. The van der Waals surface area contributed by atoms with Crippen molar-refractivity contribution in [2.45, 2.75) is 0 Å². The lowest BCUT2D eigenvalue weighted by Crippen LogP contribution is -2.10. The fourth-order valence-electron chi connectivity index (χ4n) is 0.766. The van der Waals surface area contributed by atoms with Crippen LogP contribution in [0.1, 0.15) is 0 Å². The first-order chi connectivity index (χ1) is 8.31. The lowest BCUT2D eigenvalue weighted by Gasteiger charge is -2.06. The first-order valence-electron chi connectivity index (χ1n) is 5.07. The summed E-state index contributed by atoms with van der Waals surface area (Å²) < 4.78 is 40.1. The molecule has 0 N–H and O–H groups in total. The van der Waals surface area contributed by atoms with Gasteiger partial charge in [-0.3, -0.25) is 4.57 Å². The fourth-order valence-corrected chi connectivity index (χ4v) is 1.42. The van der Waals surface area contributed by atoms with Crippen LogP contribution >= 0.6 is 17.3 Å². The van der Waals surface area contributed by atoms with Gasteiger partial charge in [0.05, 0.1) is 39.6 Å². The van der Waals surface area contributed by atoms with Crippen LogP contribution in [0, 0.1) is 0 Å². The molecule has 0 aliphatic carbocycles. The van der Waals surface area contributed by atoms with Gasteiger partial charge in [-0.1, -0.05) is 0 Å². The third kappa shape index (κ3) is 14.4. The highest BCUT2D eigenvalue weighted by atomic mass is 31.1. The topological polar surface area (TPSA) is 72.5 Å². The maximum Gasteiger partial charge on any atom is 0.318 e. The normalized spacial score (nSPS) is 13.5. The van der Waals surface area contributed by atoms with E-state index in [0.29, 0.717) is 33.0 Å². The zero-order valence-corrected chi connectivity index (χ0v) is 12.1. The molecule has 17 heavy (non-hydrogen) atoms. The van der Waals surface area contributed by atoms with Gasteiger partial charge in [0.2, 0.25) is 0 Å². The van der Waals surface area contributed by atoms with Crippen molar-refractivity contribution in [2.24, 2.45) is 0 Å². The highest BCUT2D eigenvalue weighted by Gasteiger charge is 1.95. The minimum Gasteiger partial charge on any atom is -0.377 e. The molecule has 2 atom stereocenters. The van der Waals surface area contributed by atoms with Crippen molar-refractivity contribution in [3.63, 3.8) is 0 Å². The molecule has 0 saturated heterocycles. The van der Waals surface area contributed by atoms with E-state index in [-0.39, 0.29) is 15.6 Å². The van der Waals surface area contributed by atoms with E-state index >= 15 is 0 Å². The Hall–Kier alpha value is 0.420. The van der Waals surface area contributed by atoms with Crippen molar-refractivity contribution in [3.8, 4) is 0 Å². The van der Waals surface area contributed by atoms with Crippen molar-refractivity contribution in [2.75, 3.05) is 53.9 Å². The molecule has 0 aromatic rings. The Balaban J connectivity index is 2.96. The van der Waals surface area contributed by atoms with Gasteiger partial charge in [-0.25, -0.2) is 0 Å². The van der Waals surface area contributed by atoms with Gasteiger partial charge < -0.3 is 27.6 Å². The van der Waals surface area contributed by atoms with Gasteiger partial charge in [-0.2, -0.15) is 0 Å². The molecule has 0 spiro atoms. The van der Waals surface area contributed by atoms with Gasteiger partial charge in [-0.15, -0.1) is 0 Å². The Morgan fingerprint density at radius 1 is 0.941 bits per heavy atom. The third-order valence-corrected chi connectivity index (χ3v) is 2.72. The summed E-state index contributed by atoms with van der Waals surface area (Å²) in [7, 11) is 0.643. The molecular formula is C8H20O7P2. The van der Waals surface area contributed by atoms with Crippen LogP contribution in [0.25, 0.3) is 0 Å². The molecule has 9 heteroatoms. The van der Waals surface area contributed by atoms with E-state index in [0.717, 1.165) is 0 Å². The summed E-state index contributed by atoms with van der Waals surface area (Å²) in [5, 5.41) is 0. The van der Waals surface area contributed by atoms with Gasteiger partial charge in [0, 0.05) is 14.2 Å². The minimum atomic E-state index is -2.33. The Morgan fingerprint density at radius 2 is 1.53 bits per heavy atom. The standard InChI is InChI=1S/C8H20O7P2/c1-10-16-14-7-5-12-3-4-13-6-8-15-17(9)11-2/h16-17H,3-8H2,1-2H3. The molecule has 0 rings (SSSR count). The molecule has 0 aliphatic rings. The largest absolute Gasteiger partial charge is 0.377 e. The smallest absolute Gasteiger partial charge is 0.318 e. The van der Waals surface area contributed by atoms with E-state index in [2.05, 4.69) is 4.52 Å². The van der Waals surface area contributed by atoms with Crippen LogP contribution in [0.3, 0.4) is 0 Å². The summed E-state index contributed by atoms with van der Waals surface area (Å²) in [6, 6.07) is 0. The zero-order valence-electron chi connectivity index (χ0n) is 10.1. The van der Waals surface area contributed by atoms with E-state index in [1.165, 1.54) is 7.11 Å². The van der Waals surface area contributed by atoms with Crippen molar-refractivity contribution < 1.29 is 32.1 Å². The Labute approximate surface area is 104 Å². The second-order valence-corrected chi connectivity index (χ2v) is 4.72.